The van der Waals surface area contributed by atoms with Gasteiger partial charge in [-0.3, -0.25) is 14.5 Å². The first-order valence-corrected chi connectivity index (χ1v) is 9.38. The number of anilines is 1. The van der Waals surface area contributed by atoms with Crippen molar-refractivity contribution in [2.45, 2.75) is 13.8 Å². The van der Waals surface area contributed by atoms with Crippen LogP contribution in [0.2, 0.25) is 0 Å². The Morgan fingerprint density at radius 3 is 2.67 bits per heavy atom. The van der Waals surface area contributed by atoms with Crippen molar-refractivity contribution in [2.24, 2.45) is 7.05 Å². The second kappa shape index (κ2) is 7.80. The maximum absolute atomic E-state index is 14.0. The highest BCUT2D eigenvalue weighted by atomic mass is 19.1. The van der Waals surface area contributed by atoms with Crippen LogP contribution < -0.4 is 5.32 Å². The molecule has 2 aromatic heterocycles. The quantitative estimate of drug-likeness (QED) is 0.510. The number of aryl methyl sites for hydroxylation is 3. The number of nitrogens with one attached hydrogen (secondary N) is 1. The van der Waals surface area contributed by atoms with Crippen LogP contribution in [0.15, 0.2) is 55.0 Å². The molecule has 1 amide bonds. The van der Waals surface area contributed by atoms with Gasteiger partial charge in [-0.05, 0) is 43.7 Å². The third kappa shape index (κ3) is 3.78. The van der Waals surface area contributed by atoms with Gasteiger partial charge in [0.15, 0.2) is 0 Å². The van der Waals surface area contributed by atoms with Gasteiger partial charge in [-0.2, -0.15) is 5.10 Å². The number of fused-ring (bicyclic) bond motifs is 1. The van der Waals surface area contributed by atoms with Crippen molar-refractivity contribution in [1.82, 2.24) is 14.8 Å². The number of pyridine rings is 1. The van der Waals surface area contributed by atoms with Gasteiger partial charge < -0.3 is 5.32 Å². The van der Waals surface area contributed by atoms with Crippen LogP contribution in [0, 0.1) is 31.5 Å². The van der Waals surface area contributed by atoms with Gasteiger partial charge in [-0.1, -0.05) is 29.5 Å². The number of carbonyl (C=O) groups excluding carboxylic acids is 1. The van der Waals surface area contributed by atoms with Gasteiger partial charge in [0, 0.05) is 29.9 Å². The van der Waals surface area contributed by atoms with Crippen molar-refractivity contribution < 1.29 is 9.18 Å². The predicted molar refractivity (Wildman–Crippen MR) is 115 cm³/mol. The third-order valence-corrected chi connectivity index (χ3v) is 4.87. The Bertz CT molecular complexity index is 1340. The molecule has 0 unspecified atom stereocenters. The molecule has 0 saturated carbocycles. The van der Waals surface area contributed by atoms with E-state index in [4.69, 9.17) is 0 Å². The summed E-state index contributed by atoms with van der Waals surface area (Å²) in [6, 6.07) is 9.88. The Balaban J connectivity index is 1.64. The van der Waals surface area contributed by atoms with Crippen molar-refractivity contribution in [3.63, 3.8) is 0 Å². The smallest absolute Gasteiger partial charge is 0.258 e. The van der Waals surface area contributed by atoms with Gasteiger partial charge in [0.1, 0.15) is 5.82 Å². The zero-order valence-corrected chi connectivity index (χ0v) is 16.8. The molecule has 2 heterocycles. The lowest BCUT2D eigenvalue weighted by atomic mass is 10.1. The molecular formula is C24H19FN4O. The monoisotopic (exact) mass is 398 g/mol. The summed E-state index contributed by atoms with van der Waals surface area (Å²) >= 11 is 0. The minimum Gasteiger partial charge on any atom is -0.322 e. The summed E-state index contributed by atoms with van der Waals surface area (Å²) in [7, 11) is 1.86. The lowest BCUT2D eigenvalue weighted by molar-refractivity contribution is 0.102. The highest BCUT2D eigenvalue weighted by molar-refractivity contribution is 6.04. The first kappa shape index (κ1) is 19.3. The first-order chi connectivity index (χ1) is 14.4. The third-order valence-electron chi connectivity index (χ3n) is 4.87. The number of benzene rings is 2. The largest absolute Gasteiger partial charge is 0.322 e. The number of aromatic nitrogens is 3. The highest BCUT2D eigenvalue weighted by Crippen LogP contribution is 2.19. The van der Waals surface area contributed by atoms with E-state index in [2.05, 4.69) is 27.2 Å². The molecule has 5 nitrogen and oxygen atoms in total. The average Bonchev–Trinajstić information content (AvgIpc) is 3.11. The van der Waals surface area contributed by atoms with Gasteiger partial charge in [-0.15, -0.1) is 0 Å². The van der Waals surface area contributed by atoms with E-state index < -0.39 is 11.7 Å². The van der Waals surface area contributed by atoms with Gasteiger partial charge in [0.2, 0.25) is 0 Å². The molecule has 1 N–H and O–H groups in total. The molecule has 0 atom stereocenters. The van der Waals surface area contributed by atoms with Gasteiger partial charge in [0.25, 0.3) is 5.91 Å². The number of hydrogen-bond acceptors (Lipinski definition) is 3. The number of amides is 1. The van der Waals surface area contributed by atoms with Crippen LogP contribution in [-0.4, -0.2) is 20.7 Å². The summed E-state index contributed by atoms with van der Waals surface area (Å²) in [6.45, 7) is 3.76. The van der Waals surface area contributed by atoms with E-state index in [1.807, 2.05) is 27.0 Å². The first-order valence-electron chi connectivity index (χ1n) is 9.38. The topological polar surface area (TPSA) is 59.8 Å². The molecular weight excluding hydrogens is 379 g/mol. The molecule has 0 aliphatic rings. The maximum atomic E-state index is 14.0. The molecule has 0 fully saturated rings. The molecule has 0 bridgehead atoms. The molecule has 0 radical (unpaired) electrons. The van der Waals surface area contributed by atoms with Crippen molar-refractivity contribution >= 4 is 22.5 Å². The van der Waals surface area contributed by atoms with Crippen molar-refractivity contribution in [3.05, 3.63) is 88.6 Å². The van der Waals surface area contributed by atoms with Crippen LogP contribution in [0.25, 0.3) is 10.9 Å². The van der Waals surface area contributed by atoms with Crippen LogP contribution >= 0.6 is 0 Å². The minimum absolute atomic E-state index is 0.0116. The second-order valence-electron chi connectivity index (χ2n) is 7.11. The SMILES string of the molecule is Cc1ccc(F)c(C(=O)Nc2ccc(C)c(C#Cc3cncc4c3cnn4C)c2)c1. The summed E-state index contributed by atoms with van der Waals surface area (Å²) in [6.07, 6.45) is 5.22. The Kier molecular flexibility index (Phi) is 5.03. The number of carbonyl (C=O) groups is 1. The summed E-state index contributed by atoms with van der Waals surface area (Å²) in [5.74, 6) is 5.25. The predicted octanol–water partition coefficient (Wildman–Crippen LogP) is 4.38. The molecule has 4 aromatic rings. The van der Waals surface area contributed by atoms with Crippen LogP contribution in [0.3, 0.4) is 0 Å². The van der Waals surface area contributed by atoms with E-state index in [1.54, 1.807) is 41.5 Å². The van der Waals surface area contributed by atoms with E-state index in [9.17, 15) is 9.18 Å². The molecule has 0 saturated heterocycles. The highest BCUT2D eigenvalue weighted by Gasteiger charge is 2.12. The minimum atomic E-state index is -0.553. The molecule has 30 heavy (non-hydrogen) atoms. The molecule has 2 aromatic carbocycles. The number of hydrogen-bond donors (Lipinski definition) is 1. The Hall–Kier alpha value is -3.98. The fourth-order valence-corrected chi connectivity index (χ4v) is 3.14. The molecule has 6 heteroatoms. The van der Waals surface area contributed by atoms with Crippen LogP contribution in [0.1, 0.15) is 32.6 Å². The Morgan fingerprint density at radius 2 is 1.83 bits per heavy atom. The molecule has 4 rings (SSSR count). The maximum Gasteiger partial charge on any atom is 0.258 e. The summed E-state index contributed by atoms with van der Waals surface area (Å²) in [5, 5.41) is 7.93. The number of rotatable bonds is 2. The van der Waals surface area contributed by atoms with Crippen LogP contribution in [0.5, 0.6) is 0 Å². The number of nitrogens with zero attached hydrogens (tertiary/aromatic N) is 3. The average molecular weight is 398 g/mol. The van der Waals surface area contributed by atoms with Gasteiger partial charge >= 0.3 is 0 Å². The molecule has 0 aliphatic heterocycles. The van der Waals surface area contributed by atoms with Crippen molar-refractivity contribution in [2.75, 3.05) is 5.32 Å². The fraction of sp³-hybridized carbons (Fsp3) is 0.125. The lowest BCUT2D eigenvalue weighted by Crippen LogP contribution is -2.14. The van der Waals surface area contributed by atoms with E-state index in [0.29, 0.717) is 5.69 Å². The van der Waals surface area contributed by atoms with Gasteiger partial charge in [-0.25, -0.2) is 4.39 Å². The zero-order chi connectivity index (χ0) is 21.3. The van der Waals surface area contributed by atoms with E-state index in [-0.39, 0.29) is 5.56 Å². The zero-order valence-electron chi connectivity index (χ0n) is 16.8. The summed E-state index contributed by atoms with van der Waals surface area (Å²) in [4.78, 5) is 16.7. The van der Waals surface area contributed by atoms with Crippen LogP contribution in [0.4, 0.5) is 10.1 Å². The fourth-order valence-electron chi connectivity index (χ4n) is 3.14. The van der Waals surface area contributed by atoms with E-state index >= 15 is 0 Å². The Morgan fingerprint density at radius 1 is 1.03 bits per heavy atom. The Labute approximate surface area is 173 Å². The summed E-state index contributed by atoms with van der Waals surface area (Å²) in [5.41, 5.74) is 4.78. The van der Waals surface area contributed by atoms with Crippen LogP contribution in [-0.2, 0) is 7.05 Å². The van der Waals surface area contributed by atoms with Gasteiger partial charge in [0.05, 0.1) is 29.0 Å². The molecule has 148 valence electrons. The molecule has 0 aliphatic carbocycles. The summed E-state index contributed by atoms with van der Waals surface area (Å²) < 4.78 is 15.8. The van der Waals surface area contributed by atoms with Crippen molar-refractivity contribution in [1.29, 1.82) is 0 Å². The molecule has 0 spiro atoms. The lowest BCUT2D eigenvalue weighted by Gasteiger charge is -2.08. The van der Waals surface area contributed by atoms with E-state index in [0.717, 1.165) is 33.2 Å². The normalized spacial score (nSPS) is 10.5. The second-order valence-corrected chi connectivity index (χ2v) is 7.11. The standard InChI is InChI=1S/C24H19FN4O/c1-15-4-9-22(25)20(10-15)24(30)28-19-8-5-16(2)17(11-19)6-7-18-12-26-14-23-21(18)13-27-29(23)3/h4-5,8-14H,1-3H3,(H,28,30). The van der Waals surface area contributed by atoms with E-state index in [1.165, 1.54) is 12.1 Å². The van der Waals surface area contributed by atoms with Crippen molar-refractivity contribution in [3.8, 4) is 11.8 Å². The number of halogens is 1.